The number of rotatable bonds is 15. The molecule has 3 heterocycles. The second-order valence-electron chi connectivity index (χ2n) is 26.0. The van der Waals surface area contributed by atoms with Crippen LogP contribution in [0.2, 0.25) is 0 Å². The summed E-state index contributed by atoms with van der Waals surface area (Å²) >= 11 is 0. The van der Waals surface area contributed by atoms with Gasteiger partial charge in [0.2, 0.25) is 15.5 Å². The van der Waals surface area contributed by atoms with Crippen molar-refractivity contribution in [3.63, 3.8) is 0 Å². The number of para-hydroxylation sites is 1. The van der Waals surface area contributed by atoms with Gasteiger partial charge in [0.15, 0.2) is 0 Å². The van der Waals surface area contributed by atoms with Crippen LogP contribution < -0.4 is 25.1 Å². The van der Waals surface area contributed by atoms with Gasteiger partial charge in [0.1, 0.15) is 60.3 Å². The van der Waals surface area contributed by atoms with Crippen LogP contribution >= 0.6 is 0 Å². The number of nitrogens with one attached hydrogen (secondary N) is 1. The Balaban J connectivity index is 0.935. The zero-order valence-electron chi connectivity index (χ0n) is 50.6. The van der Waals surface area contributed by atoms with Crippen molar-refractivity contribution in [3.8, 4) is 11.5 Å². The molecule has 2 aliphatic heterocycles. The number of esters is 1. The Bertz CT molecular complexity index is 3420. The van der Waals surface area contributed by atoms with Crippen LogP contribution in [0.4, 0.5) is 21.0 Å². The van der Waals surface area contributed by atoms with Crippen LogP contribution in [0, 0.1) is 0 Å². The number of carbonyl (C=O) groups is 5. The molecule has 5 aromatic rings. The van der Waals surface area contributed by atoms with Crippen molar-refractivity contribution in [3.05, 3.63) is 123 Å². The van der Waals surface area contributed by atoms with Gasteiger partial charge >= 0.3 is 18.2 Å². The van der Waals surface area contributed by atoms with Crippen molar-refractivity contribution < 1.29 is 60.8 Å². The molecule has 1 saturated heterocycles. The van der Waals surface area contributed by atoms with Crippen molar-refractivity contribution in [2.24, 2.45) is 0 Å². The standard InChI is InChI=1S/C63H81N5O14S/c1-59(2,3)47-35-48(60(4,5)6)52(36-49(47)64-55(71)46-37-67(57(73)81-62(10,11)12)50-19-17-16-18-44(50)54(46)70)79-33-31-77-30-32-78-42-22-20-40(21-23-42)41-26-28-66(29-27-41)83(75,76)43-24-25-45-51(34-43)68(58(74)82-63(13,14)15)39-65(56(45)72)38-53(69)80-61(7,8)9/h16-25,34-37,41H,26-33,38-39H2,1-15H3,(H,64,71). The Morgan fingerprint density at radius 1 is 0.651 bits per heavy atom. The van der Waals surface area contributed by atoms with Crippen molar-refractivity contribution in [1.29, 1.82) is 0 Å². The fraction of sp³-hybridized carbons (Fsp3) is 0.492. The number of piperidine rings is 1. The van der Waals surface area contributed by atoms with E-state index in [4.69, 9.17) is 28.4 Å². The van der Waals surface area contributed by atoms with Gasteiger partial charge in [-0.1, -0.05) is 65.8 Å². The Kier molecular flexibility index (Phi) is 18.7. The minimum absolute atomic E-state index is 0.0442. The maximum absolute atomic E-state index is 14.2. The molecule has 19 nitrogen and oxygen atoms in total. The Labute approximate surface area is 487 Å². The molecule has 1 aromatic heterocycles. The second kappa shape index (κ2) is 24.5. The van der Waals surface area contributed by atoms with Crippen molar-refractivity contribution in [2.45, 2.75) is 155 Å². The molecular weight excluding hydrogens is 1080 g/mol. The molecule has 4 aromatic carbocycles. The van der Waals surface area contributed by atoms with Crippen LogP contribution in [0.1, 0.15) is 160 Å². The molecule has 3 amide bonds. The van der Waals surface area contributed by atoms with Crippen LogP contribution in [0.25, 0.3) is 10.9 Å². The monoisotopic (exact) mass is 1160 g/mol. The third-order valence-corrected chi connectivity index (χ3v) is 15.5. The first-order chi connectivity index (χ1) is 38.5. The van der Waals surface area contributed by atoms with Gasteiger partial charge in [-0.3, -0.25) is 28.6 Å². The van der Waals surface area contributed by atoms with E-state index >= 15 is 0 Å². The zero-order valence-corrected chi connectivity index (χ0v) is 51.5. The number of hydrogen-bond acceptors (Lipinski definition) is 14. The molecule has 1 fully saturated rings. The summed E-state index contributed by atoms with van der Waals surface area (Å²) < 4.78 is 66.0. The maximum atomic E-state index is 14.2. The topological polar surface area (TPSA) is 219 Å². The molecule has 83 heavy (non-hydrogen) atoms. The largest absolute Gasteiger partial charge is 0.491 e. The molecule has 0 atom stereocenters. The highest BCUT2D eigenvalue weighted by atomic mass is 32.2. The van der Waals surface area contributed by atoms with E-state index in [1.54, 1.807) is 92.6 Å². The lowest BCUT2D eigenvalue weighted by Crippen LogP contribution is -2.52. The van der Waals surface area contributed by atoms with E-state index in [-0.39, 0.29) is 84.6 Å². The summed E-state index contributed by atoms with van der Waals surface area (Å²) in [5, 5.41) is 3.17. The quantitative estimate of drug-likeness (QED) is 0.0586. The average Bonchev–Trinajstić information content (AvgIpc) is 3.50. The first-order valence-electron chi connectivity index (χ1n) is 28.0. The minimum Gasteiger partial charge on any atom is -0.491 e. The molecular formula is C63H81N5O14S. The number of carbonyl (C=O) groups excluding carboxylic acids is 5. The van der Waals surface area contributed by atoms with E-state index in [0.29, 0.717) is 35.5 Å². The maximum Gasteiger partial charge on any atom is 0.419 e. The molecule has 20 heteroatoms. The van der Waals surface area contributed by atoms with Gasteiger partial charge < -0.3 is 38.6 Å². The number of hydrogen-bond donors (Lipinski definition) is 1. The van der Waals surface area contributed by atoms with Crippen molar-refractivity contribution in [2.75, 3.05) is 62.9 Å². The number of amides is 3. The number of nitrogens with zero attached hydrogens (tertiary/aromatic N) is 4. The Hall–Kier alpha value is -7.29. The van der Waals surface area contributed by atoms with E-state index in [0.717, 1.165) is 16.7 Å². The van der Waals surface area contributed by atoms with Crippen LogP contribution in [0.3, 0.4) is 0 Å². The Morgan fingerprint density at radius 2 is 1.24 bits per heavy atom. The summed E-state index contributed by atoms with van der Waals surface area (Å²) in [5.74, 6) is -0.651. The van der Waals surface area contributed by atoms with Crippen molar-refractivity contribution in [1.82, 2.24) is 13.8 Å². The summed E-state index contributed by atoms with van der Waals surface area (Å²) in [4.78, 5) is 83.7. The fourth-order valence-electron chi connectivity index (χ4n) is 9.73. The van der Waals surface area contributed by atoms with Gasteiger partial charge in [-0.25, -0.2) is 18.0 Å². The molecule has 7 rings (SSSR count). The van der Waals surface area contributed by atoms with Gasteiger partial charge in [-0.15, -0.1) is 0 Å². The van der Waals surface area contributed by atoms with E-state index in [2.05, 4.69) is 26.1 Å². The summed E-state index contributed by atoms with van der Waals surface area (Å²) in [5.41, 5.74) is -0.442. The van der Waals surface area contributed by atoms with E-state index in [9.17, 15) is 37.2 Å². The highest BCUT2D eigenvalue weighted by Crippen LogP contribution is 2.41. The Morgan fingerprint density at radius 3 is 1.84 bits per heavy atom. The molecule has 1 N–H and O–H groups in total. The molecule has 0 unspecified atom stereocenters. The van der Waals surface area contributed by atoms with Crippen LogP contribution in [-0.2, 0) is 44.6 Å². The van der Waals surface area contributed by atoms with Gasteiger partial charge in [0.25, 0.3) is 11.8 Å². The summed E-state index contributed by atoms with van der Waals surface area (Å²) in [7, 11) is -4.06. The number of fused-ring (bicyclic) bond motifs is 2. The average molecular weight is 1160 g/mol. The SMILES string of the molecule is CC(C)(C)OC(=O)CN1CN(C(=O)OC(C)(C)C)c2cc(S(=O)(=O)N3CCC(c4ccc(OCCOCCOc5cc(NC(=O)c6cn(C(=O)OC(C)(C)C)c7ccccc7c6=O)c(C(C)(C)C)cc5C(C)(C)C)cc4)CC3)ccc2C1=O. The number of anilines is 2. The zero-order chi connectivity index (χ0) is 61.2. The molecule has 0 bridgehead atoms. The molecule has 0 saturated carbocycles. The highest BCUT2D eigenvalue weighted by Gasteiger charge is 2.39. The number of sulfonamides is 1. The van der Waals surface area contributed by atoms with E-state index < -0.39 is 74.2 Å². The predicted octanol–water partition coefficient (Wildman–Crippen LogP) is 11.2. The number of aromatic nitrogens is 1. The minimum atomic E-state index is -4.06. The molecule has 448 valence electrons. The van der Waals surface area contributed by atoms with Crippen LogP contribution in [0.5, 0.6) is 11.5 Å². The van der Waals surface area contributed by atoms with Gasteiger partial charge in [-0.05, 0) is 157 Å². The summed E-state index contributed by atoms with van der Waals surface area (Å²) in [6, 6.07) is 22.1. The second-order valence-corrected chi connectivity index (χ2v) is 27.9. The molecule has 0 spiro atoms. The summed E-state index contributed by atoms with van der Waals surface area (Å²) in [6.07, 6.45) is 0.812. The number of ether oxygens (including phenoxy) is 6. The first kappa shape index (κ1) is 63.3. The number of benzene rings is 4. The van der Waals surface area contributed by atoms with Crippen molar-refractivity contribution >= 4 is 62.3 Å². The fourth-order valence-corrected chi connectivity index (χ4v) is 11.2. The van der Waals surface area contributed by atoms with Gasteiger partial charge in [0, 0.05) is 36.4 Å². The highest BCUT2D eigenvalue weighted by molar-refractivity contribution is 7.89. The van der Waals surface area contributed by atoms with Gasteiger partial charge in [-0.2, -0.15) is 4.31 Å². The molecule has 0 aliphatic carbocycles. The van der Waals surface area contributed by atoms with E-state index in [1.165, 1.54) is 43.1 Å². The third-order valence-electron chi connectivity index (χ3n) is 13.6. The normalized spacial score (nSPS) is 15.0. The van der Waals surface area contributed by atoms with Crippen LogP contribution in [0.15, 0.2) is 94.7 Å². The van der Waals surface area contributed by atoms with E-state index in [1.807, 2.05) is 51.1 Å². The lowest BCUT2D eigenvalue weighted by molar-refractivity contribution is -0.155. The smallest absolute Gasteiger partial charge is 0.419 e. The first-order valence-corrected chi connectivity index (χ1v) is 29.4. The van der Waals surface area contributed by atoms with Crippen LogP contribution in [-0.4, -0.2) is 122 Å². The van der Waals surface area contributed by atoms with Gasteiger partial charge in [0.05, 0.1) is 34.9 Å². The number of pyridine rings is 1. The molecule has 2 aliphatic rings. The lowest BCUT2D eigenvalue weighted by Gasteiger charge is -2.37. The lowest BCUT2D eigenvalue weighted by atomic mass is 9.79. The predicted molar refractivity (Wildman–Crippen MR) is 318 cm³/mol. The summed E-state index contributed by atoms with van der Waals surface area (Å²) in [6.45, 7) is 28.4. The third kappa shape index (κ3) is 15.9. The molecule has 0 radical (unpaired) electrons.